The Kier molecular flexibility index (Phi) is 5.47. The minimum atomic E-state index is 0. The number of rotatable bonds is 4. The summed E-state index contributed by atoms with van der Waals surface area (Å²) in [6.45, 7) is 2.90. The first kappa shape index (κ1) is 15.4. The number of nitrogens with one attached hydrogen (secondary N) is 1. The van der Waals surface area contributed by atoms with Gasteiger partial charge in [-0.3, -0.25) is 4.90 Å². The zero-order chi connectivity index (χ0) is 13.1. The molecule has 3 rings (SSSR count). The molecule has 1 unspecified atom stereocenters. The van der Waals surface area contributed by atoms with Crippen LogP contribution in [0.25, 0.3) is 0 Å². The second kappa shape index (κ2) is 7.12. The largest absolute Gasteiger partial charge is 0.339 e. The third kappa shape index (κ3) is 3.54. The van der Waals surface area contributed by atoms with E-state index in [1.165, 1.54) is 0 Å². The summed E-state index contributed by atoms with van der Waals surface area (Å²) >= 11 is 1.61. The van der Waals surface area contributed by atoms with Crippen LogP contribution in [0.3, 0.4) is 0 Å². The topological polar surface area (TPSA) is 67.1 Å². The Morgan fingerprint density at radius 1 is 1.50 bits per heavy atom. The van der Waals surface area contributed by atoms with Crippen LogP contribution in [0.1, 0.15) is 23.5 Å². The number of aryl methyl sites for hydroxylation is 2. The van der Waals surface area contributed by atoms with Crippen molar-refractivity contribution in [3.63, 3.8) is 0 Å². The molecule has 0 spiro atoms. The van der Waals surface area contributed by atoms with Crippen molar-refractivity contribution < 1.29 is 4.52 Å². The maximum Gasteiger partial charge on any atom is 0.227 e. The standard InChI is InChI=1S/C12H17N5OS.ClH/c1-17-5-4-13-6-10(17)12-15-11(18-16-12)3-2-9-7-19-8-14-9;/h7-8,10,13H,2-6H2,1H3;1H. The molecule has 0 aromatic carbocycles. The van der Waals surface area contributed by atoms with E-state index < -0.39 is 0 Å². The van der Waals surface area contributed by atoms with E-state index in [9.17, 15) is 0 Å². The zero-order valence-electron chi connectivity index (χ0n) is 11.3. The molecular formula is C12H18ClN5OS. The lowest BCUT2D eigenvalue weighted by atomic mass is 10.2. The summed E-state index contributed by atoms with van der Waals surface area (Å²) in [6, 6.07) is 0.213. The van der Waals surface area contributed by atoms with E-state index in [0.29, 0.717) is 5.89 Å². The van der Waals surface area contributed by atoms with Gasteiger partial charge in [-0.2, -0.15) is 4.98 Å². The highest BCUT2D eigenvalue weighted by molar-refractivity contribution is 7.07. The molecule has 0 radical (unpaired) electrons. The van der Waals surface area contributed by atoms with Gasteiger partial charge in [-0.1, -0.05) is 5.16 Å². The quantitative estimate of drug-likeness (QED) is 0.917. The third-order valence-electron chi connectivity index (χ3n) is 3.37. The second-order valence-corrected chi connectivity index (χ2v) is 5.45. The average Bonchev–Trinajstić information content (AvgIpc) is 3.08. The molecule has 0 amide bonds. The highest BCUT2D eigenvalue weighted by Gasteiger charge is 2.25. The van der Waals surface area contributed by atoms with Crippen LogP contribution in [-0.4, -0.2) is 46.7 Å². The predicted octanol–water partition coefficient (Wildman–Crippen LogP) is 1.31. The highest BCUT2D eigenvalue weighted by atomic mass is 35.5. The first-order valence-electron chi connectivity index (χ1n) is 6.43. The van der Waals surface area contributed by atoms with E-state index >= 15 is 0 Å². The van der Waals surface area contributed by atoms with Crippen LogP contribution in [0.4, 0.5) is 0 Å². The normalized spacial score (nSPS) is 19.8. The molecule has 1 saturated heterocycles. The number of likely N-dealkylation sites (N-methyl/N-ethyl adjacent to an activating group) is 1. The van der Waals surface area contributed by atoms with Gasteiger partial charge >= 0.3 is 0 Å². The molecule has 2 aromatic rings. The molecule has 20 heavy (non-hydrogen) atoms. The lowest BCUT2D eigenvalue weighted by molar-refractivity contribution is 0.190. The molecule has 1 aliphatic rings. The molecular weight excluding hydrogens is 298 g/mol. The van der Waals surface area contributed by atoms with Crippen LogP contribution >= 0.6 is 23.7 Å². The van der Waals surface area contributed by atoms with Gasteiger partial charge in [0.15, 0.2) is 5.82 Å². The molecule has 0 aliphatic carbocycles. The van der Waals surface area contributed by atoms with E-state index in [-0.39, 0.29) is 18.4 Å². The molecule has 2 aromatic heterocycles. The van der Waals surface area contributed by atoms with Crippen LogP contribution in [0.15, 0.2) is 15.4 Å². The van der Waals surface area contributed by atoms with Gasteiger partial charge in [0.1, 0.15) is 0 Å². The summed E-state index contributed by atoms with van der Waals surface area (Å²) in [5.41, 5.74) is 2.93. The Hall–Kier alpha value is -1.02. The maximum atomic E-state index is 5.32. The molecule has 1 atom stereocenters. The van der Waals surface area contributed by atoms with Crippen LogP contribution in [-0.2, 0) is 12.8 Å². The fourth-order valence-corrected chi connectivity index (χ4v) is 2.79. The first-order chi connectivity index (χ1) is 9.33. The van der Waals surface area contributed by atoms with Crippen molar-refractivity contribution in [1.82, 2.24) is 25.3 Å². The fraction of sp³-hybridized carbons (Fsp3) is 0.583. The van der Waals surface area contributed by atoms with E-state index in [4.69, 9.17) is 4.52 Å². The summed E-state index contributed by atoms with van der Waals surface area (Å²) in [7, 11) is 2.09. The molecule has 0 saturated carbocycles. The van der Waals surface area contributed by atoms with Crippen molar-refractivity contribution in [2.45, 2.75) is 18.9 Å². The number of nitrogens with zero attached hydrogens (tertiary/aromatic N) is 4. The summed E-state index contributed by atoms with van der Waals surface area (Å²) in [4.78, 5) is 11.0. The van der Waals surface area contributed by atoms with Crippen molar-refractivity contribution in [3.8, 4) is 0 Å². The second-order valence-electron chi connectivity index (χ2n) is 4.73. The van der Waals surface area contributed by atoms with Crippen molar-refractivity contribution in [2.24, 2.45) is 0 Å². The van der Waals surface area contributed by atoms with Crippen LogP contribution in [0.5, 0.6) is 0 Å². The highest BCUT2D eigenvalue weighted by Crippen LogP contribution is 2.18. The molecule has 1 aliphatic heterocycles. The molecule has 1 fully saturated rings. The number of hydrogen-bond donors (Lipinski definition) is 1. The lowest BCUT2D eigenvalue weighted by Gasteiger charge is -2.30. The van der Waals surface area contributed by atoms with E-state index in [1.54, 1.807) is 11.3 Å². The van der Waals surface area contributed by atoms with Gasteiger partial charge in [-0.05, 0) is 13.5 Å². The molecule has 0 bridgehead atoms. The maximum absolute atomic E-state index is 5.32. The number of aromatic nitrogens is 3. The molecule has 1 N–H and O–H groups in total. The number of thiazole rings is 1. The van der Waals surface area contributed by atoms with E-state index in [1.807, 2.05) is 5.51 Å². The number of piperazine rings is 1. The van der Waals surface area contributed by atoms with Crippen molar-refractivity contribution in [2.75, 3.05) is 26.7 Å². The van der Waals surface area contributed by atoms with Gasteiger partial charge in [-0.15, -0.1) is 23.7 Å². The summed E-state index contributed by atoms with van der Waals surface area (Å²) in [6.07, 6.45) is 1.60. The Balaban J connectivity index is 0.00000147. The molecule has 6 nitrogen and oxygen atoms in total. The van der Waals surface area contributed by atoms with Crippen LogP contribution in [0, 0.1) is 0 Å². The molecule has 8 heteroatoms. The minimum Gasteiger partial charge on any atom is -0.339 e. The van der Waals surface area contributed by atoms with E-state index in [2.05, 4.69) is 37.8 Å². The minimum absolute atomic E-state index is 0. The Bertz CT molecular complexity index is 518. The number of halogens is 1. The fourth-order valence-electron chi connectivity index (χ4n) is 2.20. The zero-order valence-corrected chi connectivity index (χ0v) is 12.9. The van der Waals surface area contributed by atoms with E-state index in [0.717, 1.165) is 44.0 Å². The van der Waals surface area contributed by atoms with Gasteiger partial charge in [0.05, 0.1) is 17.2 Å². The summed E-state index contributed by atoms with van der Waals surface area (Å²) in [5.74, 6) is 1.48. The van der Waals surface area contributed by atoms with Crippen LogP contribution < -0.4 is 5.32 Å². The molecule has 110 valence electrons. The Morgan fingerprint density at radius 2 is 2.40 bits per heavy atom. The predicted molar refractivity (Wildman–Crippen MR) is 79.3 cm³/mol. The smallest absolute Gasteiger partial charge is 0.227 e. The van der Waals surface area contributed by atoms with Crippen molar-refractivity contribution in [1.29, 1.82) is 0 Å². The van der Waals surface area contributed by atoms with Gasteiger partial charge in [-0.25, -0.2) is 4.98 Å². The van der Waals surface area contributed by atoms with Gasteiger partial charge in [0.2, 0.25) is 5.89 Å². The van der Waals surface area contributed by atoms with Crippen molar-refractivity contribution >= 4 is 23.7 Å². The van der Waals surface area contributed by atoms with Gasteiger partial charge in [0.25, 0.3) is 0 Å². The monoisotopic (exact) mass is 315 g/mol. The van der Waals surface area contributed by atoms with Gasteiger partial charge < -0.3 is 9.84 Å². The summed E-state index contributed by atoms with van der Waals surface area (Å²) in [5, 5.41) is 9.51. The Labute approximate surface area is 128 Å². The summed E-state index contributed by atoms with van der Waals surface area (Å²) < 4.78 is 5.32. The Morgan fingerprint density at radius 3 is 3.15 bits per heavy atom. The van der Waals surface area contributed by atoms with Crippen molar-refractivity contribution in [3.05, 3.63) is 28.3 Å². The number of hydrogen-bond acceptors (Lipinski definition) is 7. The lowest BCUT2D eigenvalue weighted by Crippen LogP contribution is -2.44. The average molecular weight is 316 g/mol. The SMILES string of the molecule is CN1CCNCC1c1noc(CCc2cscn2)n1.Cl. The third-order valence-corrected chi connectivity index (χ3v) is 4.01. The van der Waals surface area contributed by atoms with Crippen LogP contribution in [0.2, 0.25) is 0 Å². The van der Waals surface area contributed by atoms with Gasteiger partial charge in [0, 0.05) is 31.4 Å². The molecule has 3 heterocycles. The first-order valence-corrected chi connectivity index (χ1v) is 7.37.